The molecule has 1 aromatic rings. The lowest BCUT2D eigenvalue weighted by molar-refractivity contribution is -0.154. The molecule has 0 aliphatic heterocycles. The molecule has 0 radical (unpaired) electrons. The molecular weight excluding hydrogens is 378 g/mol. The molecule has 1 rings (SSSR count). The highest BCUT2D eigenvalue weighted by atomic mass is 79.9. The summed E-state index contributed by atoms with van der Waals surface area (Å²) in [6, 6.07) is 3.20. The van der Waals surface area contributed by atoms with Gasteiger partial charge < -0.3 is 14.8 Å². The van der Waals surface area contributed by atoms with E-state index in [0.717, 1.165) is 5.56 Å². The van der Waals surface area contributed by atoms with Crippen molar-refractivity contribution < 1.29 is 23.9 Å². The number of esters is 2. The monoisotopic (exact) mass is 399 g/mol. The van der Waals surface area contributed by atoms with Crippen LogP contribution in [0.4, 0.5) is 0 Å². The number of benzene rings is 1. The Balaban J connectivity index is 3.54. The van der Waals surface area contributed by atoms with Crippen LogP contribution in [0.3, 0.4) is 0 Å². The molecule has 132 valence electrons. The molecule has 1 amide bonds. The summed E-state index contributed by atoms with van der Waals surface area (Å²) in [5.41, 5.74) is 0.784. The second kappa shape index (κ2) is 7.79. The molecule has 0 unspecified atom stereocenters. The number of nitrogens with one attached hydrogen (secondary N) is 1. The Bertz CT molecular complexity index is 648. The van der Waals surface area contributed by atoms with E-state index in [-0.39, 0.29) is 17.0 Å². The number of methoxy groups -OCH3 is 2. The molecular formula is C17H22BrNO5. The van der Waals surface area contributed by atoms with Gasteiger partial charge in [-0.05, 0) is 51.0 Å². The van der Waals surface area contributed by atoms with Crippen molar-refractivity contribution in [2.45, 2.75) is 39.2 Å². The minimum Gasteiger partial charge on any atom is -0.468 e. The fraction of sp³-hybridized carbons (Fsp3) is 0.471. The number of ether oxygens (including phenoxy) is 2. The van der Waals surface area contributed by atoms with Crippen LogP contribution in [0, 0.1) is 6.92 Å². The minimum atomic E-state index is -1.34. The summed E-state index contributed by atoms with van der Waals surface area (Å²) in [7, 11) is 2.35. The third-order valence-corrected chi connectivity index (χ3v) is 4.10. The maximum atomic E-state index is 12.6. The number of hydrogen-bond donors (Lipinski definition) is 1. The topological polar surface area (TPSA) is 81.7 Å². The SMILES string of the molecule is COC(=O)C(C(=O)OC)c1cc(Br)c(C)cc1C(=O)NC(C)(C)C. The fourth-order valence-corrected chi connectivity index (χ4v) is 2.49. The van der Waals surface area contributed by atoms with Gasteiger partial charge in [-0.2, -0.15) is 0 Å². The lowest BCUT2D eigenvalue weighted by atomic mass is 9.91. The minimum absolute atomic E-state index is 0.228. The maximum Gasteiger partial charge on any atom is 0.324 e. The summed E-state index contributed by atoms with van der Waals surface area (Å²) < 4.78 is 10.1. The average molecular weight is 400 g/mol. The van der Waals surface area contributed by atoms with Gasteiger partial charge in [0.05, 0.1) is 14.2 Å². The number of rotatable bonds is 4. The van der Waals surface area contributed by atoms with Crippen LogP contribution in [0.1, 0.15) is 48.2 Å². The summed E-state index contributed by atoms with van der Waals surface area (Å²) in [6.07, 6.45) is 0. The third kappa shape index (κ3) is 4.80. The van der Waals surface area contributed by atoms with Gasteiger partial charge in [-0.1, -0.05) is 15.9 Å². The van der Waals surface area contributed by atoms with Crippen LogP contribution in [-0.4, -0.2) is 37.6 Å². The highest BCUT2D eigenvalue weighted by molar-refractivity contribution is 9.10. The molecule has 0 aromatic heterocycles. The van der Waals surface area contributed by atoms with Gasteiger partial charge in [0, 0.05) is 15.6 Å². The zero-order valence-corrected chi connectivity index (χ0v) is 16.2. The van der Waals surface area contributed by atoms with Gasteiger partial charge in [-0.3, -0.25) is 14.4 Å². The first kappa shape index (κ1) is 20.2. The van der Waals surface area contributed by atoms with E-state index in [4.69, 9.17) is 9.47 Å². The molecule has 0 fully saturated rings. The molecule has 1 aromatic carbocycles. The van der Waals surface area contributed by atoms with Crippen LogP contribution in [0.2, 0.25) is 0 Å². The lowest BCUT2D eigenvalue weighted by Crippen LogP contribution is -2.41. The van der Waals surface area contributed by atoms with E-state index < -0.39 is 23.4 Å². The van der Waals surface area contributed by atoms with Crippen LogP contribution in [-0.2, 0) is 19.1 Å². The fourth-order valence-electron chi connectivity index (χ4n) is 2.13. The number of aryl methyl sites for hydroxylation is 1. The van der Waals surface area contributed by atoms with Gasteiger partial charge in [0.1, 0.15) is 0 Å². The molecule has 0 saturated heterocycles. The molecule has 0 saturated carbocycles. The Hall–Kier alpha value is -1.89. The summed E-state index contributed by atoms with van der Waals surface area (Å²) >= 11 is 3.37. The summed E-state index contributed by atoms with van der Waals surface area (Å²) in [5.74, 6) is -3.30. The van der Waals surface area contributed by atoms with Crippen LogP contribution in [0.15, 0.2) is 16.6 Å². The normalized spacial score (nSPS) is 11.2. The first-order valence-electron chi connectivity index (χ1n) is 7.30. The number of hydrogen-bond acceptors (Lipinski definition) is 5. The molecule has 0 aliphatic carbocycles. The lowest BCUT2D eigenvalue weighted by Gasteiger charge is -2.23. The standard InChI is InChI=1S/C17H22BrNO5/c1-9-7-11(14(20)19-17(2,3)4)10(8-12(9)18)13(15(21)23-5)16(22)24-6/h7-8,13H,1-6H3,(H,19,20). The molecule has 0 aliphatic rings. The van der Waals surface area contributed by atoms with Crippen LogP contribution in [0.25, 0.3) is 0 Å². The van der Waals surface area contributed by atoms with Gasteiger partial charge in [0.25, 0.3) is 5.91 Å². The van der Waals surface area contributed by atoms with E-state index in [1.165, 1.54) is 14.2 Å². The van der Waals surface area contributed by atoms with Gasteiger partial charge in [-0.25, -0.2) is 0 Å². The van der Waals surface area contributed by atoms with E-state index in [0.29, 0.717) is 4.47 Å². The van der Waals surface area contributed by atoms with Gasteiger partial charge in [0.2, 0.25) is 0 Å². The quantitative estimate of drug-likeness (QED) is 0.621. The van der Waals surface area contributed by atoms with Crippen molar-refractivity contribution in [3.8, 4) is 0 Å². The van der Waals surface area contributed by atoms with Crippen molar-refractivity contribution in [3.05, 3.63) is 33.3 Å². The number of amides is 1. The van der Waals surface area contributed by atoms with Crippen molar-refractivity contribution in [3.63, 3.8) is 0 Å². The zero-order valence-electron chi connectivity index (χ0n) is 14.7. The van der Waals surface area contributed by atoms with Gasteiger partial charge >= 0.3 is 11.9 Å². The molecule has 1 N–H and O–H groups in total. The van der Waals surface area contributed by atoms with Crippen molar-refractivity contribution in [2.75, 3.05) is 14.2 Å². The van der Waals surface area contributed by atoms with Crippen LogP contribution < -0.4 is 5.32 Å². The zero-order chi connectivity index (χ0) is 18.7. The van der Waals surface area contributed by atoms with Crippen molar-refractivity contribution >= 4 is 33.8 Å². The van der Waals surface area contributed by atoms with Gasteiger partial charge in [-0.15, -0.1) is 0 Å². The molecule has 0 bridgehead atoms. The second-order valence-electron chi connectivity index (χ2n) is 6.37. The summed E-state index contributed by atoms with van der Waals surface area (Å²) in [6.45, 7) is 7.34. The first-order valence-corrected chi connectivity index (χ1v) is 8.09. The largest absolute Gasteiger partial charge is 0.468 e. The van der Waals surface area contributed by atoms with Crippen molar-refractivity contribution in [2.24, 2.45) is 0 Å². The number of halogens is 1. The van der Waals surface area contributed by atoms with Crippen LogP contribution in [0.5, 0.6) is 0 Å². The summed E-state index contributed by atoms with van der Waals surface area (Å²) in [4.78, 5) is 36.8. The second-order valence-corrected chi connectivity index (χ2v) is 7.23. The average Bonchev–Trinajstić information content (AvgIpc) is 2.48. The molecule has 0 spiro atoms. The highest BCUT2D eigenvalue weighted by Gasteiger charge is 2.35. The van der Waals surface area contributed by atoms with E-state index in [2.05, 4.69) is 21.2 Å². The molecule has 6 nitrogen and oxygen atoms in total. The maximum absolute atomic E-state index is 12.6. The summed E-state index contributed by atoms with van der Waals surface area (Å²) in [5, 5.41) is 2.83. The molecule has 0 heterocycles. The molecule has 7 heteroatoms. The Morgan fingerprint density at radius 2 is 1.58 bits per heavy atom. The van der Waals surface area contributed by atoms with E-state index in [9.17, 15) is 14.4 Å². The van der Waals surface area contributed by atoms with Crippen molar-refractivity contribution in [1.29, 1.82) is 0 Å². The molecule has 0 atom stereocenters. The van der Waals surface area contributed by atoms with Gasteiger partial charge in [0.15, 0.2) is 5.92 Å². The highest BCUT2D eigenvalue weighted by Crippen LogP contribution is 2.29. The number of carbonyl (C=O) groups is 3. The van der Waals surface area contributed by atoms with Crippen molar-refractivity contribution in [1.82, 2.24) is 5.32 Å². The Labute approximate surface area is 150 Å². The predicted octanol–water partition coefficient (Wildman–Crippen LogP) is 2.72. The molecule has 24 heavy (non-hydrogen) atoms. The Kier molecular flexibility index (Phi) is 6.54. The number of carbonyl (C=O) groups excluding carboxylic acids is 3. The Morgan fingerprint density at radius 1 is 1.08 bits per heavy atom. The van der Waals surface area contributed by atoms with E-state index in [1.807, 2.05) is 27.7 Å². The van der Waals surface area contributed by atoms with E-state index in [1.54, 1.807) is 12.1 Å². The predicted molar refractivity (Wildman–Crippen MR) is 92.9 cm³/mol. The third-order valence-electron chi connectivity index (χ3n) is 3.25. The smallest absolute Gasteiger partial charge is 0.324 e. The Morgan fingerprint density at radius 3 is 2.00 bits per heavy atom. The van der Waals surface area contributed by atoms with E-state index >= 15 is 0 Å². The van der Waals surface area contributed by atoms with Crippen LogP contribution >= 0.6 is 15.9 Å². The first-order chi connectivity index (χ1) is 11.0.